The zero-order valence-corrected chi connectivity index (χ0v) is 17.7. The van der Waals surface area contributed by atoms with Crippen LogP contribution in [0.5, 0.6) is 0 Å². The van der Waals surface area contributed by atoms with Crippen LogP contribution in [-0.4, -0.2) is 124 Å². The Balaban J connectivity index is 2.96. The van der Waals surface area contributed by atoms with E-state index in [-0.39, 0.29) is 0 Å². The summed E-state index contributed by atoms with van der Waals surface area (Å²) in [4.78, 5) is 22.2. The lowest BCUT2D eigenvalue weighted by molar-refractivity contribution is -0.300. The van der Waals surface area contributed by atoms with Gasteiger partial charge in [0.05, 0.1) is 19.3 Å². The molecule has 0 aromatic heterocycles. The maximum atomic E-state index is 11.2. The first-order chi connectivity index (χ1) is 14.7. The second-order valence-corrected chi connectivity index (χ2v) is 7.92. The van der Waals surface area contributed by atoms with Crippen LogP contribution in [-0.2, 0) is 38.4 Å². The van der Waals surface area contributed by atoms with Gasteiger partial charge in [-0.1, -0.05) is 0 Å². The molecule has 0 spiro atoms. The molecule has 1 aliphatic heterocycles. The van der Waals surface area contributed by atoms with E-state index in [0.29, 0.717) is 0 Å². The highest BCUT2D eigenvalue weighted by atomic mass is 32.3. The number of carboxylic acid groups (broad SMARTS) is 1. The fourth-order valence-electron chi connectivity index (χ4n) is 2.67. The number of nitrogens with one attached hydrogen (secondary N) is 1. The molecule has 0 aromatic carbocycles. The van der Waals surface area contributed by atoms with Gasteiger partial charge in [-0.05, 0) is 6.92 Å². The SMILES string of the molecule is CC(=O)N[C@@H](C)[C@H](O)OC(CO)[C@@H](COC1OC(C(=O)O)[C@@H](O)[C@H](O)C1O)OS(=O)(=O)O. The lowest BCUT2D eigenvalue weighted by Crippen LogP contribution is -2.60. The van der Waals surface area contributed by atoms with E-state index in [0.717, 1.165) is 6.92 Å². The predicted octanol–water partition coefficient (Wildman–Crippen LogP) is -4.70. The Hall–Kier alpha value is -1.51. The van der Waals surface area contributed by atoms with E-state index in [1.165, 1.54) is 6.92 Å². The van der Waals surface area contributed by atoms with Crippen molar-refractivity contribution in [1.82, 2.24) is 5.32 Å². The van der Waals surface area contributed by atoms with Crippen LogP contribution in [0.4, 0.5) is 0 Å². The van der Waals surface area contributed by atoms with Crippen molar-refractivity contribution in [3.05, 3.63) is 0 Å². The number of hydrogen-bond donors (Lipinski definition) is 8. The van der Waals surface area contributed by atoms with Crippen molar-refractivity contribution >= 4 is 22.3 Å². The number of rotatable bonds is 12. The highest BCUT2D eigenvalue weighted by molar-refractivity contribution is 7.80. The third kappa shape index (κ3) is 8.45. The summed E-state index contributed by atoms with van der Waals surface area (Å²) in [6.07, 6.45) is -15.3. The summed E-state index contributed by atoms with van der Waals surface area (Å²) in [5.74, 6) is -2.23. The van der Waals surface area contributed by atoms with E-state index >= 15 is 0 Å². The first-order valence-corrected chi connectivity index (χ1v) is 10.5. The summed E-state index contributed by atoms with van der Waals surface area (Å²) in [5.41, 5.74) is 0. The Morgan fingerprint density at radius 2 is 1.72 bits per heavy atom. The molecule has 0 aromatic rings. The molecule has 8 N–H and O–H groups in total. The van der Waals surface area contributed by atoms with Crippen molar-refractivity contribution in [3.8, 4) is 0 Å². The van der Waals surface area contributed by atoms with Crippen LogP contribution in [0.2, 0.25) is 0 Å². The number of carbonyl (C=O) groups is 2. The van der Waals surface area contributed by atoms with Crippen molar-refractivity contribution in [2.45, 2.75) is 69.1 Å². The van der Waals surface area contributed by atoms with Crippen molar-refractivity contribution in [2.24, 2.45) is 0 Å². The molecule has 0 aliphatic carbocycles. The quantitative estimate of drug-likeness (QED) is 0.0938. The van der Waals surface area contributed by atoms with Gasteiger partial charge in [-0.15, -0.1) is 0 Å². The van der Waals surface area contributed by atoms with Gasteiger partial charge >= 0.3 is 16.4 Å². The van der Waals surface area contributed by atoms with Gasteiger partial charge in [0.15, 0.2) is 18.7 Å². The van der Waals surface area contributed by atoms with Gasteiger partial charge in [0.1, 0.15) is 30.5 Å². The van der Waals surface area contributed by atoms with Crippen LogP contribution in [0.25, 0.3) is 0 Å². The molecule has 1 aliphatic rings. The smallest absolute Gasteiger partial charge is 0.397 e. The molecule has 17 heteroatoms. The van der Waals surface area contributed by atoms with E-state index in [2.05, 4.69) is 9.50 Å². The summed E-state index contributed by atoms with van der Waals surface area (Å²) in [6, 6.07) is -1.02. The predicted molar refractivity (Wildman–Crippen MR) is 97.9 cm³/mol. The summed E-state index contributed by atoms with van der Waals surface area (Å²) >= 11 is 0. The fraction of sp³-hybridized carbons (Fsp3) is 0.867. The molecule has 32 heavy (non-hydrogen) atoms. The zero-order valence-electron chi connectivity index (χ0n) is 16.9. The molecule has 1 rings (SSSR count). The Morgan fingerprint density at radius 3 is 2.19 bits per heavy atom. The highest BCUT2D eigenvalue weighted by Gasteiger charge is 2.48. The number of ether oxygens (including phenoxy) is 3. The van der Waals surface area contributed by atoms with Gasteiger partial charge < -0.3 is 50.2 Å². The lowest BCUT2D eigenvalue weighted by Gasteiger charge is -2.39. The fourth-order valence-corrected chi connectivity index (χ4v) is 3.16. The van der Waals surface area contributed by atoms with Crippen molar-refractivity contribution < 1.29 is 71.6 Å². The molecule has 4 unspecified atom stereocenters. The Kier molecular flexibility index (Phi) is 10.8. The zero-order chi connectivity index (χ0) is 24.8. The average molecular weight is 493 g/mol. The minimum atomic E-state index is -5.17. The second kappa shape index (κ2) is 12.1. The monoisotopic (exact) mass is 493 g/mol. The molecule has 1 fully saturated rings. The first-order valence-electron chi connectivity index (χ1n) is 9.09. The largest absolute Gasteiger partial charge is 0.479 e. The minimum Gasteiger partial charge on any atom is -0.479 e. The molecule has 0 saturated carbocycles. The summed E-state index contributed by atoms with van der Waals surface area (Å²) < 4.78 is 50.6. The molecular formula is C15H27NO15S. The van der Waals surface area contributed by atoms with Crippen molar-refractivity contribution in [1.29, 1.82) is 0 Å². The molecule has 188 valence electrons. The Labute approximate surface area is 182 Å². The molecule has 9 atom stereocenters. The molecule has 0 bridgehead atoms. The van der Waals surface area contributed by atoms with Crippen LogP contribution >= 0.6 is 0 Å². The maximum absolute atomic E-state index is 11.2. The van der Waals surface area contributed by atoms with Gasteiger partial charge in [0.2, 0.25) is 5.91 Å². The number of aliphatic carboxylic acids is 1. The van der Waals surface area contributed by atoms with Gasteiger partial charge in [0.25, 0.3) is 0 Å². The maximum Gasteiger partial charge on any atom is 0.397 e. The Bertz CT molecular complexity index is 732. The van der Waals surface area contributed by atoms with Gasteiger partial charge in [-0.25, -0.2) is 8.98 Å². The number of hydrogen-bond acceptors (Lipinski definition) is 13. The number of aliphatic hydroxyl groups is 5. The van der Waals surface area contributed by atoms with E-state index in [1.807, 2.05) is 0 Å². The van der Waals surface area contributed by atoms with E-state index in [1.54, 1.807) is 0 Å². The summed E-state index contributed by atoms with van der Waals surface area (Å²) in [5, 5.41) is 60.2. The highest BCUT2D eigenvalue weighted by Crippen LogP contribution is 2.23. The summed E-state index contributed by atoms with van der Waals surface area (Å²) in [7, 11) is -5.17. The van der Waals surface area contributed by atoms with Gasteiger partial charge in [0, 0.05) is 6.92 Å². The van der Waals surface area contributed by atoms with Crippen LogP contribution in [0, 0.1) is 0 Å². The van der Waals surface area contributed by atoms with Crippen LogP contribution in [0.15, 0.2) is 0 Å². The first kappa shape index (κ1) is 28.5. The molecular weight excluding hydrogens is 466 g/mol. The third-order valence-corrected chi connectivity index (χ3v) is 4.74. The van der Waals surface area contributed by atoms with Crippen molar-refractivity contribution in [3.63, 3.8) is 0 Å². The number of aliphatic hydroxyl groups excluding tert-OH is 5. The average Bonchev–Trinajstić information content (AvgIpc) is 2.66. The van der Waals surface area contributed by atoms with Gasteiger partial charge in [-0.2, -0.15) is 8.42 Å². The number of amides is 1. The van der Waals surface area contributed by atoms with E-state index in [4.69, 9.17) is 23.9 Å². The van der Waals surface area contributed by atoms with Crippen LogP contribution < -0.4 is 5.32 Å². The van der Waals surface area contributed by atoms with Gasteiger partial charge in [-0.3, -0.25) is 9.35 Å². The lowest BCUT2D eigenvalue weighted by atomic mass is 9.99. The molecule has 0 radical (unpaired) electrons. The second-order valence-electron chi connectivity index (χ2n) is 6.87. The number of carboxylic acids is 1. The molecule has 1 saturated heterocycles. The normalized spacial score (nSPS) is 30.2. The topological polar surface area (TPSA) is 259 Å². The number of carbonyl (C=O) groups excluding carboxylic acids is 1. The molecule has 1 amide bonds. The minimum absolute atomic E-state index is 0.535. The Morgan fingerprint density at radius 1 is 1.12 bits per heavy atom. The van der Waals surface area contributed by atoms with E-state index in [9.17, 15) is 43.5 Å². The van der Waals surface area contributed by atoms with Crippen molar-refractivity contribution in [2.75, 3.05) is 13.2 Å². The molecule has 1 heterocycles. The van der Waals surface area contributed by atoms with E-state index < -0.39 is 90.7 Å². The summed E-state index contributed by atoms with van der Waals surface area (Å²) in [6.45, 7) is 0.514. The van der Waals surface area contributed by atoms with Crippen LogP contribution in [0.3, 0.4) is 0 Å². The third-order valence-electron chi connectivity index (χ3n) is 4.25. The molecule has 16 nitrogen and oxygen atoms in total. The standard InChI is InChI=1S/C15H27NO15S/c1-5(16-6(2)18)14(24)29-7(3-17)8(31-32(25,26)27)4-28-15-11(21)9(19)10(20)12(30-15)13(22)23/h5,7-12,14-15,17,19-21,24H,3-4H2,1-2H3,(H,16,18)(H,22,23)(H,25,26,27)/t5-,7?,8+,9-,10-,11?,12?,14+,15?/m0/s1. The van der Waals surface area contributed by atoms with Crippen LogP contribution in [0.1, 0.15) is 13.8 Å².